The van der Waals surface area contributed by atoms with Crippen LogP contribution < -0.4 is 10.5 Å². The molecular formula is C15H15Cl3N2O. The number of aromatic nitrogens is 1. The van der Waals surface area contributed by atoms with Crippen LogP contribution in [0, 0.1) is 0 Å². The lowest BCUT2D eigenvalue weighted by atomic mass is 9.99. The monoisotopic (exact) mass is 344 g/mol. The van der Waals surface area contributed by atoms with E-state index in [2.05, 4.69) is 11.6 Å². The van der Waals surface area contributed by atoms with Gasteiger partial charge in [0.15, 0.2) is 0 Å². The highest BCUT2D eigenvalue weighted by molar-refractivity contribution is 6.42. The Hall–Kier alpha value is -1.26. The van der Waals surface area contributed by atoms with E-state index in [-0.39, 0.29) is 12.4 Å². The molecule has 0 fully saturated rings. The van der Waals surface area contributed by atoms with Crippen LogP contribution in [0.25, 0.3) is 0 Å². The van der Waals surface area contributed by atoms with Gasteiger partial charge < -0.3 is 10.5 Å². The summed E-state index contributed by atoms with van der Waals surface area (Å²) < 4.78 is 5.61. The number of benzene rings is 1. The Morgan fingerprint density at radius 1 is 1.24 bits per heavy atom. The molecule has 112 valence electrons. The van der Waals surface area contributed by atoms with Gasteiger partial charge in [-0.2, -0.15) is 0 Å². The van der Waals surface area contributed by atoms with Gasteiger partial charge in [0, 0.05) is 18.0 Å². The lowest BCUT2D eigenvalue weighted by molar-refractivity contribution is 0.358. The van der Waals surface area contributed by atoms with Crippen molar-refractivity contribution in [3.05, 3.63) is 70.5 Å². The molecule has 6 heteroatoms. The van der Waals surface area contributed by atoms with Crippen LogP contribution in [0.1, 0.15) is 17.2 Å². The summed E-state index contributed by atoms with van der Waals surface area (Å²) in [5, 5.41) is 0.842. The zero-order valence-corrected chi connectivity index (χ0v) is 13.5. The molecule has 1 aromatic carbocycles. The van der Waals surface area contributed by atoms with Crippen LogP contribution in [-0.4, -0.2) is 11.6 Å². The van der Waals surface area contributed by atoms with E-state index in [1.165, 1.54) is 0 Å². The quantitative estimate of drug-likeness (QED) is 0.816. The summed E-state index contributed by atoms with van der Waals surface area (Å²) in [5.74, 6) is 0.601. The van der Waals surface area contributed by atoms with E-state index in [0.717, 1.165) is 5.56 Å². The van der Waals surface area contributed by atoms with Crippen molar-refractivity contribution in [3.63, 3.8) is 0 Å². The fourth-order valence-corrected chi connectivity index (χ4v) is 2.29. The Labute approximate surface area is 140 Å². The topological polar surface area (TPSA) is 48.1 Å². The van der Waals surface area contributed by atoms with Crippen molar-refractivity contribution >= 4 is 35.6 Å². The van der Waals surface area contributed by atoms with Crippen LogP contribution in [0.2, 0.25) is 10.0 Å². The SMILES string of the molecule is C=CCOc1ccc(Cl)c(Cl)c1[C@@H](N)c1ccncc1.Cl. The molecule has 0 aliphatic carbocycles. The van der Waals surface area contributed by atoms with E-state index in [4.69, 9.17) is 33.7 Å². The Kier molecular flexibility index (Phi) is 6.99. The predicted molar refractivity (Wildman–Crippen MR) is 89.7 cm³/mol. The largest absolute Gasteiger partial charge is 0.489 e. The summed E-state index contributed by atoms with van der Waals surface area (Å²) in [6.07, 6.45) is 5.01. The first-order chi connectivity index (χ1) is 9.65. The predicted octanol–water partition coefficient (Wildman–Crippen LogP) is 4.42. The number of nitrogens with two attached hydrogens (primary N) is 1. The van der Waals surface area contributed by atoms with Crippen molar-refractivity contribution in [2.24, 2.45) is 5.73 Å². The molecule has 2 rings (SSSR count). The van der Waals surface area contributed by atoms with Crippen molar-refractivity contribution in [1.29, 1.82) is 0 Å². The first-order valence-electron chi connectivity index (χ1n) is 6.02. The first-order valence-corrected chi connectivity index (χ1v) is 6.77. The van der Waals surface area contributed by atoms with E-state index in [1.807, 2.05) is 12.1 Å². The minimum atomic E-state index is -0.441. The fourth-order valence-electron chi connectivity index (χ4n) is 1.85. The molecule has 0 saturated heterocycles. The van der Waals surface area contributed by atoms with Crippen LogP contribution in [-0.2, 0) is 0 Å². The number of pyridine rings is 1. The molecule has 0 radical (unpaired) electrons. The van der Waals surface area contributed by atoms with Gasteiger partial charge in [0.1, 0.15) is 12.4 Å². The maximum atomic E-state index is 6.29. The van der Waals surface area contributed by atoms with Crippen molar-refractivity contribution in [3.8, 4) is 5.75 Å². The van der Waals surface area contributed by atoms with E-state index < -0.39 is 6.04 Å². The van der Waals surface area contributed by atoms with Gasteiger partial charge in [-0.3, -0.25) is 4.98 Å². The fraction of sp³-hybridized carbons (Fsp3) is 0.133. The van der Waals surface area contributed by atoms with E-state index >= 15 is 0 Å². The number of hydrogen-bond acceptors (Lipinski definition) is 3. The molecule has 0 unspecified atom stereocenters. The minimum Gasteiger partial charge on any atom is -0.489 e. The second-order valence-corrected chi connectivity index (χ2v) is 4.92. The second kappa shape index (κ2) is 8.25. The molecule has 3 nitrogen and oxygen atoms in total. The Morgan fingerprint density at radius 2 is 1.90 bits per heavy atom. The number of halogens is 3. The Morgan fingerprint density at radius 3 is 2.52 bits per heavy atom. The minimum absolute atomic E-state index is 0. The van der Waals surface area contributed by atoms with Crippen molar-refractivity contribution < 1.29 is 4.74 Å². The molecule has 0 aliphatic heterocycles. The maximum Gasteiger partial charge on any atom is 0.126 e. The lowest BCUT2D eigenvalue weighted by Crippen LogP contribution is -2.14. The van der Waals surface area contributed by atoms with Crippen LogP contribution in [0.5, 0.6) is 5.75 Å². The number of rotatable bonds is 5. The first kappa shape index (κ1) is 17.8. The molecule has 0 aliphatic rings. The van der Waals surface area contributed by atoms with Crippen molar-refractivity contribution in [2.75, 3.05) is 6.61 Å². The molecule has 1 atom stereocenters. The Balaban J connectivity index is 0.00000220. The van der Waals surface area contributed by atoms with Crippen LogP contribution >= 0.6 is 35.6 Å². The maximum absolute atomic E-state index is 6.29. The number of nitrogens with zero attached hydrogens (tertiary/aromatic N) is 1. The molecule has 2 aromatic rings. The van der Waals surface area contributed by atoms with Gasteiger partial charge >= 0.3 is 0 Å². The summed E-state index contributed by atoms with van der Waals surface area (Å²) >= 11 is 12.4. The van der Waals surface area contributed by atoms with E-state index in [9.17, 15) is 0 Å². The molecular weight excluding hydrogens is 331 g/mol. The van der Waals surface area contributed by atoms with Crippen LogP contribution in [0.15, 0.2) is 49.3 Å². The molecule has 1 aromatic heterocycles. The Bertz CT molecular complexity index is 605. The smallest absolute Gasteiger partial charge is 0.126 e. The molecule has 0 spiro atoms. The third-order valence-corrected chi connectivity index (χ3v) is 3.64. The number of ether oxygens (including phenoxy) is 1. The molecule has 2 N–H and O–H groups in total. The van der Waals surface area contributed by atoms with Crippen LogP contribution in [0.4, 0.5) is 0 Å². The third kappa shape index (κ3) is 4.11. The highest BCUT2D eigenvalue weighted by Gasteiger charge is 2.20. The highest BCUT2D eigenvalue weighted by atomic mass is 35.5. The zero-order valence-electron chi connectivity index (χ0n) is 11.1. The van der Waals surface area contributed by atoms with Gasteiger partial charge in [-0.1, -0.05) is 35.9 Å². The molecule has 1 heterocycles. The second-order valence-electron chi connectivity index (χ2n) is 4.13. The van der Waals surface area contributed by atoms with Gasteiger partial charge in [0.2, 0.25) is 0 Å². The molecule has 0 amide bonds. The van der Waals surface area contributed by atoms with Gasteiger partial charge in [0.25, 0.3) is 0 Å². The standard InChI is InChI=1S/C15H14Cl2N2O.ClH/c1-2-9-20-12-4-3-11(16)14(17)13(12)15(18)10-5-7-19-8-6-10;/h2-8,15H,1,9,18H2;1H/t15-;/m0./s1. The summed E-state index contributed by atoms with van der Waals surface area (Å²) in [5.41, 5.74) is 7.82. The average Bonchev–Trinajstić information content (AvgIpc) is 2.48. The molecule has 21 heavy (non-hydrogen) atoms. The van der Waals surface area contributed by atoms with Gasteiger partial charge in [-0.05, 0) is 29.8 Å². The highest BCUT2D eigenvalue weighted by Crippen LogP contribution is 2.38. The molecule has 0 bridgehead atoms. The summed E-state index contributed by atoms with van der Waals surface area (Å²) in [4.78, 5) is 3.97. The van der Waals surface area contributed by atoms with Gasteiger partial charge in [0.05, 0.1) is 16.1 Å². The summed E-state index contributed by atoms with van der Waals surface area (Å²) in [6.45, 7) is 3.99. The van der Waals surface area contributed by atoms with Crippen molar-refractivity contribution in [2.45, 2.75) is 6.04 Å². The summed E-state index contributed by atoms with van der Waals surface area (Å²) in [7, 11) is 0. The average molecular weight is 346 g/mol. The van der Waals surface area contributed by atoms with Crippen LogP contribution in [0.3, 0.4) is 0 Å². The van der Waals surface area contributed by atoms with Gasteiger partial charge in [-0.25, -0.2) is 0 Å². The van der Waals surface area contributed by atoms with Crippen molar-refractivity contribution in [1.82, 2.24) is 4.98 Å². The normalized spacial score (nSPS) is 11.4. The lowest BCUT2D eigenvalue weighted by Gasteiger charge is -2.19. The van der Waals surface area contributed by atoms with E-state index in [0.29, 0.717) is 28.0 Å². The van der Waals surface area contributed by atoms with Gasteiger partial charge in [-0.15, -0.1) is 12.4 Å². The number of hydrogen-bond donors (Lipinski definition) is 1. The van der Waals surface area contributed by atoms with E-state index in [1.54, 1.807) is 30.6 Å². The zero-order chi connectivity index (χ0) is 14.5. The third-order valence-electron chi connectivity index (χ3n) is 2.83. The molecule has 0 saturated carbocycles. The summed E-state index contributed by atoms with van der Waals surface area (Å²) in [6, 6.07) is 6.67.